The van der Waals surface area contributed by atoms with Crippen LogP contribution < -0.4 is 9.47 Å². The smallest absolute Gasteiger partial charge is 0.309 e. The predicted molar refractivity (Wildman–Crippen MR) is 154 cm³/mol. The first-order chi connectivity index (χ1) is 18.6. The molecule has 3 atom stereocenters. The monoisotopic (exact) mass is 538 g/mol. The first kappa shape index (κ1) is 30.5. The average molecular weight is 539 g/mol. The second-order valence-electron chi connectivity index (χ2n) is 11.7. The molecule has 3 unspecified atom stereocenters. The maximum Gasteiger partial charge on any atom is 0.309 e. The molecule has 0 aliphatic carbocycles. The lowest BCUT2D eigenvalue weighted by atomic mass is 9.81. The zero-order valence-electron chi connectivity index (χ0n) is 24.5. The minimum Gasteiger partial charge on any atom is -0.481 e. The normalized spacial score (nSPS) is 20.3. The van der Waals surface area contributed by atoms with Gasteiger partial charge in [0.05, 0.1) is 5.92 Å². The Balaban J connectivity index is 0.000000325. The number of hydrogen-bond acceptors (Lipinski definition) is 5. The van der Waals surface area contributed by atoms with Gasteiger partial charge in [0.15, 0.2) is 11.5 Å². The highest BCUT2D eigenvalue weighted by atomic mass is 16.7. The van der Waals surface area contributed by atoms with Gasteiger partial charge in [-0.05, 0) is 54.1 Å². The number of hydrogen-bond donors (Lipinski definition) is 1. The first-order valence-corrected chi connectivity index (χ1v) is 14.2. The van der Waals surface area contributed by atoms with Crippen molar-refractivity contribution in [2.45, 2.75) is 77.7 Å². The van der Waals surface area contributed by atoms with Gasteiger partial charge in [-0.25, -0.2) is 0 Å². The zero-order chi connectivity index (χ0) is 28.6. The van der Waals surface area contributed by atoms with Gasteiger partial charge < -0.3 is 19.5 Å². The molecule has 0 spiro atoms. The van der Waals surface area contributed by atoms with Crippen LogP contribution in [0.15, 0.2) is 42.5 Å². The zero-order valence-corrected chi connectivity index (χ0v) is 24.5. The summed E-state index contributed by atoms with van der Waals surface area (Å²) in [5.41, 5.74) is 3.35. The number of nitrogens with zero attached hydrogens (tertiary/aromatic N) is 2. The molecule has 2 aliphatic rings. The molecule has 4 rings (SSSR count). The summed E-state index contributed by atoms with van der Waals surface area (Å²) in [6.45, 7) is 13.6. The second kappa shape index (κ2) is 13.8. The fraction of sp³-hybridized carbons (Fsp3) is 0.562. The van der Waals surface area contributed by atoms with Gasteiger partial charge in [-0.1, -0.05) is 77.8 Å². The third-order valence-corrected chi connectivity index (χ3v) is 7.71. The summed E-state index contributed by atoms with van der Waals surface area (Å²) in [6.07, 6.45) is 5.54. The van der Waals surface area contributed by atoms with Gasteiger partial charge in [0.2, 0.25) is 13.2 Å². The maximum absolute atomic E-state index is 12.3. The molecule has 1 fully saturated rings. The van der Waals surface area contributed by atoms with Gasteiger partial charge in [-0.15, -0.1) is 0 Å². The lowest BCUT2D eigenvalue weighted by Crippen LogP contribution is -2.26. The van der Waals surface area contributed by atoms with Crippen molar-refractivity contribution in [2.24, 2.45) is 5.92 Å². The third kappa shape index (κ3) is 7.75. The molecule has 0 saturated carbocycles. The molecule has 2 aliphatic heterocycles. The Morgan fingerprint density at radius 1 is 1.00 bits per heavy atom. The molecule has 2 aromatic carbocycles. The Kier molecular flexibility index (Phi) is 10.8. The minimum atomic E-state index is -0.767. The summed E-state index contributed by atoms with van der Waals surface area (Å²) in [6, 6.07) is 14.0. The molecule has 0 aromatic heterocycles. The van der Waals surface area contributed by atoms with Crippen molar-refractivity contribution in [1.82, 2.24) is 9.80 Å². The molecule has 1 amide bonds. The molecule has 2 aromatic rings. The Morgan fingerprint density at radius 3 is 2.13 bits per heavy atom. The maximum atomic E-state index is 12.3. The number of carboxylic acid groups (broad SMARTS) is 1. The Morgan fingerprint density at radius 2 is 1.59 bits per heavy atom. The van der Waals surface area contributed by atoms with Gasteiger partial charge in [0.1, 0.15) is 0 Å². The number of likely N-dealkylation sites (tertiary alicyclic amines) is 1. The number of benzene rings is 2. The van der Waals surface area contributed by atoms with Crippen LogP contribution in [-0.4, -0.2) is 60.8 Å². The van der Waals surface area contributed by atoms with Gasteiger partial charge >= 0.3 is 5.97 Å². The predicted octanol–water partition coefficient (Wildman–Crippen LogP) is 6.23. The fourth-order valence-electron chi connectivity index (χ4n) is 5.38. The van der Waals surface area contributed by atoms with E-state index in [4.69, 9.17) is 9.47 Å². The third-order valence-electron chi connectivity index (χ3n) is 7.71. The molecule has 39 heavy (non-hydrogen) atoms. The highest BCUT2D eigenvalue weighted by Gasteiger charge is 2.46. The number of carbonyl (C=O) groups excluding carboxylic acids is 1. The van der Waals surface area contributed by atoms with Crippen LogP contribution in [0.1, 0.15) is 89.0 Å². The van der Waals surface area contributed by atoms with E-state index in [-0.39, 0.29) is 24.2 Å². The van der Waals surface area contributed by atoms with Crippen molar-refractivity contribution in [2.75, 3.05) is 33.5 Å². The van der Waals surface area contributed by atoms with Crippen LogP contribution in [0.5, 0.6) is 11.5 Å². The van der Waals surface area contributed by atoms with E-state index in [1.165, 1.54) is 5.56 Å². The van der Waals surface area contributed by atoms with Crippen LogP contribution in [0.2, 0.25) is 0 Å². The van der Waals surface area contributed by atoms with Crippen LogP contribution in [0.25, 0.3) is 0 Å². The Bertz CT molecular complexity index is 1070. The number of unbranched alkanes of at least 4 members (excludes halogenated alkanes) is 2. The molecule has 214 valence electrons. The molecule has 7 heteroatoms. The quantitative estimate of drug-likeness (QED) is 0.361. The summed E-state index contributed by atoms with van der Waals surface area (Å²) >= 11 is 0. The standard InChI is InChI=1S/C23H27NO4.C9H19NO/c1-23(2,3)16-8-5-14(6-9-16)21-20(22(25)26)17(12-24(21)4)15-7-10-18-19(11-15)28-13-27-18;1-3-5-7-10(9-11)8-6-4-2/h5-11,17,20-21H,12-13H2,1-4H3,(H,25,26);9H,3-8H2,1-2H3. The van der Waals surface area contributed by atoms with E-state index >= 15 is 0 Å². The van der Waals surface area contributed by atoms with E-state index < -0.39 is 11.9 Å². The molecule has 2 heterocycles. The summed E-state index contributed by atoms with van der Waals surface area (Å²) in [7, 11) is 2.01. The second-order valence-corrected chi connectivity index (χ2v) is 11.7. The summed E-state index contributed by atoms with van der Waals surface area (Å²) in [5, 5.41) is 10.1. The highest BCUT2D eigenvalue weighted by molar-refractivity contribution is 5.74. The van der Waals surface area contributed by atoms with E-state index in [1.54, 1.807) is 0 Å². The van der Waals surface area contributed by atoms with Crippen molar-refractivity contribution in [3.05, 3.63) is 59.2 Å². The van der Waals surface area contributed by atoms with Crippen molar-refractivity contribution < 1.29 is 24.2 Å². The van der Waals surface area contributed by atoms with Crippen molar-refractivity contribution >= 4 is 12.4 Å². The number of carbonyl (C=O) groups is 2. The van der Waals surface area contributed by atoms with E-state index in [2.05, 4.69) is 63.8 Å². The SMILES string of the molecule is CCCCN(C=O)CCCC.CN1CC(c2ccc3c(c2)OCO3)C(C(=O)O)C1c1ccc(C(C)(C)C)cc1. The minimum absolute atomic E-state index is 0.0708. The molecule has 1 saturated heterocycles. The number of likely N-dealkylation sites (N-methyl/N-ethyl adjacent to an activating group) is 1. The van der Waals surface area contributed by atoms with E-state index in [9.17, 15) is 14.7 Å². The molecule has 0 radical (unpaired) electrons. The summed E-state index contributed by atoms with van der Waals surface area (Å²) in [5.74, 6) is 0.0191. The fourth-order valence-corrected chi connectivity index (χ4v) is 5.38. The topological polar surface area (TPSA) is 79.3 Å². The lowest BCUT2D eigenvalue weighted by molar-refractivity contribution is -0.143. The average Bonchev–Trinajstić information content (AvgIpc) is 3.52. The summed E-state index contributed by atoms with van der Waals surface area (Å²) in [4.78, 5) is 26.8. The molecule has 1 N–H and O–H groups in total. The van der Waals surface area contributed by atoms with Crippen molar-refractivity contribution in [3.63, 3.8) is 0 Å². The van der Waals surface area contributed by atoms with Gasteiger partial charge in [0.25, 0.3) is 0 Å². The summed E-state index contributed by atoms with van der Waals surface area (Å²) < 4.78 is 10.9. The van der Waals surface area contributed by atoms with E-state index in [1.807, 2.05) is 30.1 Å². The van der Waals surface area contributed by atoms with Crippen LogP contribution >= 0.6 is 0 Å². The van der Waals surface area contributed by atoms with Crippen molar-refractivity contribution in [1.29, 1.82) is 0 Å². The van der Waals surface area contributed by atoms with E-state index in [0.29, 0.717) is 12.3 Å². The van der Waals surface area contributed by atoms with Crippen LogP contribution in [0.4, 0.5) is 0 Å². The highest BCUT2D eigenvalue weighted by Crippen LogP contribution is 2.47. The number of amides is 1. The van der Waals surface area contributed by atoms with E-state index in [0.717, 1.165) is 62.1 Å². The Hall–Kier alpha value is -3.06. The van der Waals surface area contributed by atoms with Gasteiger partial charge in [0, 0.05) is 31.6 Å². The molecule has 7 nitrogen and oxygen atoms in total. The molecular weight excluding hydrogens is 492 g/mol. The Labute approximate surface area is 234 Å². The lowest BCUT2D eigenvalue weighted by Gasteiger charge is -2.26. The number of fused-ring (bicyclic) bond motifs is 1. The van der Waals surface area contributed by atoms with Crippen LogP contribution in [-0.2, 0) is 15.0 Å². The van der Waals surface area contributed by atoms with Crippen molar-refractivity contribution in [3.8, 4) is 11.5 Å². The molecular formula is C32H46N2O5. The molecule has 0 bridgehead atoms. The van der Waals surface area contributed by atoms with Gasteiger partial charge in [-0.2, -0.15) is 0 Å². The number of aliphatic carboxylic acids is 1. The number of rotatable bonds is 10. The van der Waals surface area contributed by atoms with Crippen LogP contribution in [0, 0.1) is 5.92 Å². The largest absolute Gasteiger partial charge is 0.481 e. The number of carboxylic acids is 1. The number of ether oxygens (including phenoxy) is 2. The first-order valence-electron chi connectivity index (χ1n) is 14.2. The van der Waals surface area contributed by atoms with Crippen LogP contribution in [0.3, 0.4) is 0 Å². The van der Waals surface area contributed by atoms with Gasteiger partial charge in [-0.3, -0.25) is 14.5 Å².